The predicted octanol–water partition coefficient (Wildman–Crippen LogP) is 1.41. The lowest BCUT2D eigenvalue weighted by atomic mass is 10.3. The molecule has 0 unspecified atom stereocenters. The van der Waals surface area contributed by atoms with Crippen LogP contribution in [0.4, 0.5) is 8.78 Å². The lowest BCUT2D eigenvalue weighted by Gasteiger charge is -2.08. The molecule has 0 radical (unpaired) electrons. The number of carbonyl (C=O) groups is 1. The number of nitrogens with one attached hydrogen (secondary N) is 1. The Morgan fingerprint density at radius 2 is 2.00 bits per heavy atom. The van der Waals surface area contributed by atoms with Gasteiger partial charge in [0.05, 0.1) is 13.0 Å². The molecule has 1 rings (SSSR count). The molecular formula is C10H10ClF2NO4S. The summed E-state index contributed by atoms with van der Waals surface area (Å²) in [6, 6.07) is 1.72. The summed E-state index contributed by atoms with van der Waals surface area (Å²) in [6.07, 6.45) is -0.0485. The summed E-state index contributed by atoms with van der Waals surface area (Å²) in [6.45, 7) is -0.178. The molecule has 9 heteroatoms. The van der Waals surface area contributed by atoms with Crippen LogP contribution >= 0.6 is 10.7 Å². The van der Waals surface area contributed by atoms with E-state index in [1.807, 2.05) is 0 Å². The molecule has 0 aromatic heterocycles. The fourth-order valence-corrected chi connectivity index (χ4v) is 2.08. The Balaban J connectivity index is 2.89. The lowest BCUT2D eigenvalue weighted by Crippen LogP contribution is -2.20. The van der Waals surface area contributed by atoms with E-state index < -0.39 is 31.3 Å². The van der Waals surface area contributed by atoms with Crippen LogP contribution in [0.15, 0.2) is 17.0 Å². The van der Waals surface area contributed by atoms with E-state index in [2.05, 4.69) is 5.32 Å². The smallest absolute Gasteiger partial charge is 0.264 e. The molecule has 0 aliphatic carbocycles. The van der Waals surface area contributed by atoms with Crippen molar-refractivity contribution in [3.05, 3.63) is 23.8 Å². The Labute approximate surface area is 112 Å². The first kappa shape index (κ1) is 15.6. The maximum absolute atomic E-state index is 13.5. The summed E-state index contributed by atoms with van der Waals surface area (Å²) < 4.78 is 53.6. The van der Waals surface area contributed by atoms with Crippen molar-refractivity contribution in [2.45, 2.75) is 11.3 Å². The van der Waals surface area contributed by atoms with Crippen molar-refractivity contribution in [2.75, 3.05) is 13.7 Å². The van der Waals surface area contributed by atoms with Crippen LogP contribution in [0.3, 0.4) is 0 Å². The largest absolute Gasteiger partial charge is 0.490 e. The standard InChI is InChI=1S/C10H10ClF2NO4S/c1-14-8(15)4-5-18-6-2-3-7(19(11,16)17)10(13)9(6)12/h2-3H,4-5H2,1H3,(H,14,15). The third-order valence-electron chi connectivity index (χ3n) is 2.14. The summed E-state index contributed by atoms with van der Waals surface area (Å²) in [7, 11) is 1.97. The zero-order chi connectivity index (χ0) is 14.6. The van der Waals surface area contributed by atoms with E-state index in [0.29, 0.717) is 0 Å². The summed E-state index contributed by atoms with van der Waals surface area (Å²) >= 11 is 0. The van der Waals surface area contributed by atoms with E-state index in [-0.39, 0.29) is 18.9 Å². The Hall–Kier alpha value is -1.41. The zero-order valence-corrected chi connectivity index (χ0v) is 11.3. The first-order valence-corrected chi connectivity index (χ1v) is 7.34. The highest BCUT2D eigenvalue weighted by molar-refractivity contribution is 8.13. The molecule has 0 heterocycles. The number of hydrogen-bond donors (Lipinski definition) is 1. The molecule has 1 aromatic rings. The Morgan fingerprint density at radius 3 is 2.53 bits per heavy atom. The van der Waals surface area contributed by atoms with Gasteiger partial charge >= 0.3 is 0 Å². The SMILES string of the molecule is CNC(=O)CCOc1ccc(S(=O)(=O)Cl)c(F)c1F. The fraction of sp³-hybridized carbons (Fsp3) is 0.300. The average Bonchev–Trinajstić information content (AvgIpc) is 2.32. The lowest BCUT2D eigenvalue weighted by molar-refractivity contribution is -0.121. The third-order valence-corrected chi connectivity index (χ3v) is 3.48. The molecular weight excluding hydrogens is 304 g/mol. The van der Waals surface area contributed by atoms with Gasteiger partial charge in [-0.05, 0) is 12.1 Å². The van der Waals surface area contributed by atoms with Gasteiger partial charge in [0, 0.05) is 17.7 Å². The van der Waals surface area contributed by atoms with Crippen LogP contribution in [0.1, 0.15) is 6.42 Å². The van der Waals surface area contributed by atoms with Crippen molar-refractivity contribution in [2.24, 2.45) is 0 Å². The number of amides is 1. The zero-order valence-electron chi connectivity index (χ0n) is 9.74. The second-order valence-electron chi connectivity index (χ2n) is 3.40. The molecule has 0 saturated carbocycles. The van der Waals surface area contributed by atoms with Gasteiger partial charge in [-0.2, -0.15) is 4.39 Å². The van der Waals surface area contributed by atoms with Crippen molar-refractivity contribution in [1.82, 2.24) is 5.32 Å². The van der Waals surface area contributed by atoms with Gasteiger partial charge in [-0.3, -0.25) is 4.79 Å². The normalized spacial score (nSPS) is 11.2. The van der Waals surface area contributed by atoms with Gasteiger partial charge < -0.3 is 10.1 Å². The molecule has 0 bridgehead atoms. The molecule has 0 saturated heterocycles. The van der Waals surface area contributed by atoms with E-state index in [1.165, 1.54) is 7.05 Å². The Kier molecular flexibility index (Phi) is 5.07. The minimum Gasteiger partial charge on any atom is -0.490 e. The summed E-state index contributed by atoms with van der Waals surface area (Å²) in [5, 5.41) is 2.32. The van der Waals surface area contributed by atoms with Gasteiger partial charge in [-0.25, -0.2) is 12.8 Å². The molecule has 1 aromatic carbocycles. The molecule has 106 valence electrons. The van der Waals surface area contributed by atoms with Crippen LogP contribution < -0.4 is 10.1 Å². The van der Waals surface area contributed by atoms with E-state index >= 15 is 0 Å². The van der Waals surface area contributed by atoms with E-state index in [9.17, 15) is 22.0 Å². The second kappa shape index (κ2) is 6.16. The summed E-state index contributed by atoms with van der Waals surface area (Å²) in [4.78, 5) is 9.92. The van der Waals surface area contributed by atoms with E-state index in [0.717, 1.165) is 12.1 Å². The number of hydrogen-bond acceptors (Lipinski definition) is 4. The average molecular weight is 314 g/mol. The molecule has 1 amide bonds. The van der Waals surface area contributed by atoms with Crippen LogP contribution in [0, 0.1) is 11.6 Å². The number of halogens is 3. The van der Waals surface area contributed by atoms with Crippen LogP contribution in [0.5, 0.6) is 5.75 Å². The monoisotopic (exact) mass is 313 g/mol. The van der Waals surface area contributed by atoms with Gasteiger partial charge in [0.15, 0.2) is 11.6 Å². The van der Waals surface area contributed by atoms with E-state index in [1.54, 1.807) is 0 Å². The second-order valence-corrected chi connectivity index (χ2v) is 5.93. The van der Waals surface area contributed by atoms with Gasteiger partial charge in [-0.1, -0.05) is 0 Å². The number of carbonyl (C=O) groups excluding carboxylic acids is 1. The van der Waals surface area contributed by atoms with Crippen LogP contribution in [0.2, 0.25) is 0 Å². The highest BCUT2D eigenvalue weighted by Gasteiger charge is 2.22. The van der Waals surface area contributed by atoms with Gasteiger partial charge in [0.25, 0.3) is 9.05 Å². The van der Waals surface area contributed by atoms with E-state index in [4.69, 9.17) is 15.4 Å². The fourth-order valence-electron chi connectivity index (χ4n) is 1.19. The topological polar surface area (TPSA) is 72.5 Å². The first-order chi connectivity index (χ1) is 8.77. The third kappa shape index (κ3) is 4.03. The summed E-state index contributed by atoms with van der Waals surface area (Å²) in [5.41, 5.74) is 0. The molecule has 0 atom stereocenters. The van der Waals surface area contributed by atoms with Crippen molar-refractivity contribution in [1.29, 1.82) is 0 Å². The minimum absolute atomic E-state index is 0.0485. The van der Waals surface area contributed by atoms with Gasteiger partial charge in [0.2, 0.25) is 11.7 Å². The minimum atomic E-state index is -4.37. The van der Waals surface area contributed by atoms with Crippen molar-refractivity contribution in [3.63, 3.8) is 0 Å². The maximum atomic E-state index is 13.5. The summed E-state index contributed by atoms with van der Waals surface area (Å²) in [5.74, 6) is -3.92. The highest BCUT2D eigenvalue weighted by atomic mass is 35.7. The molecule has 1 N–H and O–H groups in total. The Bertz CT molecular complexity index is 591. The molecule has 19 heavy (non-hydrogen) atoms. The van der Waals surface area contributed by atoms with Crippen LogP contribution in [-0.2, 0) is 13.8 Å². The maximum Gasteiger partial charge on any atom is 0.264 e. The van der Waals surface area contributed by atoms with Crippen LogP contribution in [-0.4, -0.2) is 28.0 Å². The molecule has 0 fully saturated rings. The van der Waals surface area contributed by atoms with Crippen LogP contribution in [0.25, 0.3) is 0 Å². The van der Waals surface area contributed by atoms with Gasteiger partial charge in [0.1, 0.15) is 4.90 Å². The quantitative estimate of drug-likeness (QED) is 0.834. The molecule has 0 aliphatic rings. The van der Waals surface area contributed by atoms with Crippen molar-refractivity contribution >= 4 is 25.6 Å². The van der Waals surface area contributed by atoms with Gasteiger partial charge in [-0.15, -0.1) is 0 Å². The first-order valence-electron chi connectivity index (χ1n) is 5.03. The number of ether oxygens (including phenoxy) is 1. The van der Waals surface area contributed by atoms with Crippen molar-refractivity contribution < 1.29 is 26.7 Å². The Morgan fingerprint density at radius 1 is 1.37 bits per heavy atom. The molecule has 5 nitrogen and oxygen atoms in total. The predicted molar refractivity (Wildman–Crippen MR) is 63.6 cm³/mol. The molecule has 0 aliphatic heterocycles. The number of benzene rings is 1. The molecule has 0 spiro atoms. The number of rotatable bonds is 5. The van der Waals surface area contributed by atoms with Crippen molar-refractivity contribution in [3.8, 4) is 5.75 Å². The highest BCUT2D eigenvalue weighted by Crippen LogP contribution is 2.27.